The van der Waals surface area contributed by atoms with Crippen molar-refractivity contribution in [3.8, 4) is 17.3 Å². The third kappa shape index (κ3) is 3.96. The molecule has 32 heavy (non-hydrogen) atoms. The predicted octanol–water partition coefficient (Wildman–Crippen LogP) is 4.97. The molecule has 1 amide bonds. The van der Waals surface area contributed by atoms with Gasteiger partial charge >= 0.3 is 0 Å². The van der Waals surface area contributed by atoms with Crippen molar-refractivity contribution in [2.24, 2.45) is 5.41 Å². The summed E-state index contributed by atoms with van der Waals surface area (Å²) >= 11 is 0. The molecule has 1 saturated heterocycles. The van der Waals surface area contributed by atoms with Crippen LogP contribution >= 0.6 is 0 Å². The lowest BCUT2D eigenvalue weighted by Gasteiger charge is -2.41. The highest BCUT2D eigenvalue weighted by molar-refractivity contribution is 5.99. The Morgan fingerprint density at radius 1 is 1.12 bits per heavy atom. The molecular weight excluding hydrogens is 410 g/mol. The molecule has 0 aliphatic carbocycles. The van der Waals surface area contributed by atoms with Crippen molar-refractivity contribution in [3.05, 3.63) is 83.8 Å². The SMILES string of the molecule is CC(c1ccc(F)cc1F)C1(C#N)CCN(C(=O)c2cccnc2-c2ccncc2)CC1. The number of rotatable bonds is 4. The maximum atomic E-state index is 14.4. The van der Waals surface area contributed by atoms with Crippen LogP contribution in [0.5, 0.6) is 0 Å². The number of aromatic nitrogens is 2. The van der Waals surface area contributed by atoms with Crippen LogP contribution in [0.4, 0.5) is 8.78 Å². The first-order valence-electron chi connectivity index (χ1n) is 10.5. The van der Waals surface area contributed by atoms with E-state index in [1.165, 1.54) is 12.1 Å². The summed E-state index contributed by atoms with van der Waals surface area (Å²) in [7, 11) is 0. The van der Waals surface area contributed by atoms with Gasteiger partial charge in [0.25, 0.3) is 5.91 Å². The number of hydrogen-bond donors (Lipinski definition) is 0. The molecule has 5 nitrogen and oxygen atoms in total. The van der Waals surface area contributed by atoms with Gasteiger partial charge in [-0.15, -0.1) is 0 Å². The van der Waals surface area contributed by atoms with Gasteiger partial charge in [-0.2, -0.15) is 5.26 Å². The fraction of sp³-hybridized carbons (Fsp3) is 0.280. The molecule has 1 fully saturated rings. The molecule has 162 valence electrons. The third-order valence-corrected chi connectivity index (χ3v) is 6.42. The van der Waals surface area contributed by atoms with Crippen LogP contribution in [0.2, 0.25) is 0 Å². The fourth-order valence-corrected chi connectivity index (χ4v) is 4.39. The van der Waals surface area contributed by atoms with E-state index in [4.69, 9.17) is 0 Å². The van der Waals surface area contributed by atoms with Crippen molar-refractivity contribution >= 4 is 5.91 Å². The average molecular weight is 432 g/mol. The normalized spacial score (nSPS) is 16.2. The van der Waals surface area contributed by atoms with Gasteiger partial charge in [0.15, 0.2) is 0 Å². The van der Waals surface area contributed by atoms with Crippen molar-refractivity contribution < 1.29 is 13.6 Å². The Kier molecular flexibility index (Phi) is 5.95. The highest BCUT2D eigenvalue weighted by Gasteiger charge is 2.42. The smallest absolute Gasteiger partial charge is 0.256 e. The summed E-state index contributed by atoms with van der Waals surface area (Å²) in [5.41, 5.74) is 1.35. The van der Waals surface area contributed by atoms with Crippen LogP contribution in [0, 0.1) is 28.4 Å². The molecule has 0 N–H and O–H groups in total. The number of nitrogens with zero attached hydrogens (tertiary/aromatic N) is 4. The lowest BCUT2D eigenvalue weighted by molar-refractivity contribution is 0.0622. The molecule has 0 radical (unpaired) electrons. The fourth-order valence-electron chi connectivity index (χ4n) is 4.39. The van der Waals surface area contributed by atoms with Gasteiger partial charge in [0.05, 0.1) is 22.7 Å². The van der Waals surface area contributed by atoms with E-state index < -0.39 is 23.0 Å². The zero-order valence-corrected chi connectivity index (χ0v) is 17.6. The van der Waals surface area contributed by atoms with E-state index in [9.17, 15) is 18.8 Å². The number of carbonyl (C=O) groups is 1. The first-order valence-corrected chi connectivity index (χ1v) is 10.5. The van der Waals surface area contributed by atoms with E-state index in [2.05, 4.69) is 16.0 Å². The van der Waals surface area contributed by atoms with E-state index >= 15 is 0 Å². The number of piperidine rings is 1. The molecule has 1 aromatic carbocycles. The number of halogens is 2. The molecular formula is C25H22F2N4O. The lowest BCUT2D eigenvalue weighted by atomic mass is 9.68. The Hall–Kier alpha value is -3.66. The van der Waals surface area contributed by atoms with E-state index in [0.29, 0.717) is 42.8 Å². The van der Waals surface area contributed by atoms with Gasteiger partial charge in [0.1, 0.15) is 11.6 Å². The van der Waals surface area contributed by atoms with Crippen LogP contribution in [0.3, 0.4) is 0 Å². The largest absolute Gasteiger partial charge is 0.338 e. The third-order valence-electron chi connectivity index (χ3n) is 6.42. The molecule has 1 unspecified atom stereocenters. The second kappa shape index (κ2) is 8.83. The average Bonchev–Trinajstić information content (AvgIpc) is 2.84. The van der Waals surface area contributed by atoms with Gasteiger partial charge in [-0.25, -0.2) is 8.78 Å². The maximum absolute atomic E-state index is 14.4. The molecule has 7 heteroatoms. The first kappa shape index (κ1) is 21.6. The summed E-state index contributed by atoms with van der Waals surface area (Å²) < 4.78 is 27.7. The van der Waals surface area contributed by atoms with Crippen molar-refractivity contribution in [2.75, 3.05) is 13.1 Å². The molecule has 0 saturated carbocycles. The number of nitriles is 1. The Morgan fingerprint density at radius 2 is 1.84 bits per heavy atom. The molecule has 0 spiro atoms. The second-order valence-corrected chi connectivity index (χ2v) is 8.08. The summed E-state index contributed by atoms with van der Waals surface area (Å²) in [6.45, 7) is 2.52. The molecule has 1 atom stereocenters. The molecule has 4 rings (SSSR count). The van der Waals surface area contributed by atoms with E-state index in [0.717, 1.165) is 11.6 Å². The van der Waals surface area contributed by atoms with Crippen LogP contribution in [0.25, 0.3) is 11.3 Å². The Morgan fingerprint density at radius 3 is 2.50 bits per heavy atom. The van der Waals surface area contributed by atoms with Crippen LogP contribution in [0.15, 0.2) is 61.1 Å². The molecule has 1 aliphatic heterocycles. The Balaban J connectivity index is 1.55. The number of carbonyl (C=O) groups excluding carboxylic acids is 1. The zero-order valence-electron chi connectivity index (χ0n) is 17.6. The van der Waals surface area contributed by atoms with E-state index in [1.54, 1.807) is 54.7 Å². The monoisotopic (exact) mass is 432 g/mol. The van der Waals surface area contributed by atoms with Crippen LogP contribution in [-0.2, 0) is 0 Å². The minimum absolute atomic E-state index is 0.155. The number of hydrogen-bond acceptors (Lipinski definition) is 4. The number of pyridine rings is 2. The van der Waals surface area contributed by atoms with Crippen LogP contribution in [0.1, 0.15) is 41.6 Å². The second-order valence-electron chi connectivity index (χ2n) is 8.08. The van der Waals surface area contributed by atoms with E-state index in [-0.39, 0.29) is 5.91 Å². The van der Waals surface area contributed by atoms with Crippen LogP contribution in [-0.4, -0.2) is 33.9 Å². The van der Waals surface area contributed by atoms with Gasteiger partial charge in [-0.1, -0.05) is 13.0 Å². The van der Waals surface area contributed by atoms with E-state index in [1.807, 2.05) is 0 Å². The van der Waals surface area contributed by atoms with Crippen molar-refractivity contribution in [1.82, 2.24) is 14.9 Å². The summed E-state index contributed by atoms with van der Waals surface area (Å²) in [6.07, 6.45) is 5.74. The summed E-state index contributed by atoms with van der Waals surface area (Å²) in [4.78, 5) is 23.4. The van der Waals surface area contributed by atoms with Crippen LogP contribution < -0.4 is 0 Å². The topological polar surface area (TPSA) is 69.9 Å². The minimum Gasteiger partial charge on any atom is -0.338 e. The number of benzene rings is 1. The zero-order chi connectivity index (χ0) is 22.7. The van der Waals surface area contributed by atoms with Gasteiger partial charge in [0, 0.05) is 49.2 Å². The predicted molar refractivity (Wildman–Crippen MR) is 115 cm³/mol. The molecule has 3 heterocycles. The summed E-state index contributed by atoms with van der Waals surface area (Å²) in [5.74, 6) is -1.89. The minimum atomic E-state index is -0.835. The summed E-state index contributed by atoms with van der Waals surface area (Å²) in [6, 6.07) is 12.9. The molecule has 2 aromatic heterocycles. The Bertz CT molecular complexity index is 1170. The highest BCUT2D eigenvalue weighted by Crippen LogP contribution is 2.45. The molecule has 1 aliphatic rings. The lowest BCUT2D eigenvalue weighted by Crippen LogP contribution is -2.44. The van der Waals surface area contributed by atoms with Crippen molar-refractivity contribution in [1.29, 1.82) is 5.26 Å². The van der Waals surface area contributed by atoms with Gasteiger partial charge in [-0.3, -0.25) is 14.8 Å². The molecule has 0 bridgehead atoms. The Labute approximate surface area is 185 Å². The number of amides is 1. The van der Waals surface area contributed by atoms with Crippen molar-refractivity contribution in [2.45, 2.75) is 25.7 Å². The van der Waals surface area contributed by atoms with Gasteiger partial charge in [0.2, 0.25) is 0 Å². The maximum Gasteiger partial charge on any atom is 0.256 e. The standard InChI is InChI=1S/C25H22F2N4O/c1-17(20-5-4-19(26)15-22(20)27)25(16-28)8-13-31(14-9-25)24(32)21-3-2-10-30-23(21)18-6-11-29-12-7-18/h2-7,10-12,15,17H,8-9,13-14H2,1H3. The molecule has 3 aromatic rings. The van der Waals surface area contributed by atoms with Crippen molar-refractivity contribution in [3.63, 3.8) is 0 Å². The van der Waals surface area contributed by atoms with Gasteiger partial charge in [-0.05, 0) is 48.7 Å². The first-order chi connectivity index (χ1) is 15.4. The quantitative estimate of drug-likeness (QED) is 0.584. The number of likely N-dealkylation sites (tertiary alicyclic amines) is 1. The van der Waals surface area contributed by atoms with Gasteiger partial charge < -0.3 is 4.90 Å². The highest BCUT2D eigenvalue weighted by atomic mass is 19.1. The summed E-state index contributed by atoms with van der Waals surface area (Å²) in [5, 5.41) is 9.99.